The normalized spacial score (nSPS) is 17.9. The Hall–Kier alpha value is -2.27. The molecule has 1 N–H and O–H groups in total. The highest BCUT2D eigenvalue weighted by atomic mass is 32.2. The van der Waals surface area contributed by atoms with Crippen LogP contribution < -0.4 is 10.2 Å². The van der Waals surface area contributed by atoms with Crippen LogP contribution in [0.25, 0.3) is 0 Å². The smallest absolute Gasteiger partial charge is 0.251 e. The molecule has 2 aliphatic rings. The Morgan fingerprint density at radius 2 is 1.72 bits per heavy atom. The van der Waals surface area contributed by atoms with E-state index in [2.05, 4.69) is 5.32 Å². The van der Waals surface area contributed by atoms with E-state index in [1.54, 1.807) is 11.8 Å². The number of benzene rings is 2. The van der Waals surface area contributed by atoms with Gasteiger partial charge in [-0.3, -0.25) is 9.59 Å². The highest BCUT2D eigenvalue weighted by Crippen LogP contribution is 2.37. The third-order valence-corrected chi connectivity index (χ3v) is 6.84. The highest BCUT2D eigenvalue weighted by Gasteiger charge is 2.26. The molecule has 0 atom stereocenters. The second-order valence-electron chi connectivity index (χ2n) is 7.95. The molecule has 1 aliphatic heterocycles. The summed E-state index contributed by atoms with van der Waals surface area (Å²) in [4.78, 5) is 28.4. The van der Waals surface area contributed by atoms with Gasteiger partial charge in [0.15, 0.2) is 0 Å². The minimum Gasteiger partial charge on any atom is -0.349 e. The minimum absolute atomic E-state index is 0.0268. The summed E-state index contributed by atoms with van der Waals surface area (Å²) in [7, 11) is 0. The Labute approximate surface area is 177 Å². The number of nitrogens with one attached hydrogen (secondary N) is 1. The van der Waals surface area contributed by atoms with Crippen molar-refractivity contribution < 1.29 is 9.59 Å². The van der Waals surface area contributed by atoms with Gasteiger partial charge in [-0.1, -0.05) is 62.4 Å². The van der Waals surface area contributed by atoms with Crippen LogP contribution in [0, 0.1) is 0 Å². The van der Waals surface area contributed by atoms with E-state index in [9.17, 15) is 9.59 Å². The number of hydrogen-bond donors (Lipinski definition) is 1. The van der Waals surface area contributed by atoms with E-state index in [-0.39, 0.29) is 17.9 Å². The second-order valence-corrected chi connectivity index (χ2v) is 8.97. The third kappa shape index (κ3) is 5.02. The number of hydrogen-bond acceptors (Lipinski definition) is 3. The van der Waals surface area contributed by atoms with Crippen molar-refractivity contribution >= 4 is 29.3 Å². The standard InChI is InChI=1S/C24H28N2O2S/c27-23-17-29-22-14-13-19(24(28)25-20-11-7-2-1-3-8-12-20)15-21(22)26(23)16-18-9-5-4-6-10-18/h4-6,9-10,13-15,20H,1-3,7-8,11-12,16-17H2,(H,25,28). The number of amides is 2. The van der Waals surface area contributed by atoms with E-state index in [0.717, 1.165) is 29.0 Å². The monoisotopic (exact) mass is 408 g/mol. The summed E-state index contributed by atoms with van der Waals surface area (Å²) in [5.41, 5.74) is 2.57. The van der Waals surface area contributed by atoms with Crippen molar-refractivity contribution in [3.63, 3.8) is 0 Å². The van der Waals surface area contributed by atoms with Gasteiger partial charge in [-0.05, 0) is 36.6 Å². The number of anilines is 1. The molecule has 0 bridgehead atoms. The average Bonchev–Trinajstić information content (AvgIpc) is 2.72. The van der Waals surface area contributed by atoms with Crippen LogP contribution in [0.3, 0.4) is 0 Å². The number of fused-ring (bicyclic) bond motifs is 1. The summed E-state index contributed by atoms with van der Waals surface area (Å²) >= 11 is 1.55. The lowest BCUT2D eigenvalue weighted by Crippen LogP contribution is -2.37. The van der Waals surface area contributed by atoms with Crippen LogP contribution in [0.5, 0.6) is 0 Å². The first-order valence-corrected chi connectivity index (χ1v) is 11.6. The van der Waals surface area contributed by atoms with Crippen molar-refractivity contribution in [3.05, 3.63) is 59.7 Å². The first kappa shape index (κ1) is 20.0. The number of thioether (sulfide) groups is 1. The lowest BCUT2D eigenvalue weighted by atomic mass is 9.96. The Kier molecular flexibility index (Phi) is 6.55. The quantitative estimate of drug-likeness (QED) is 0.759. The fourth-order valence-electron chi connectivity index (χ4n) is 4.15. The van der Waals surface area contributed by atoms with Crippen LogP contribution in [0.1, 0.15) is 60.9 Å². The SMILES string of the molecule is O=C(NC1CCCCCCC1)c1ccc2c(c1)N(Cc1ccccc1)C(=O)CS2. The molecule has 1 aliphatic carbocycles. The maximum absolute atomic E-state index is 12.9. The molecular formula is C24H28N2O2S. The molecule has 4 rings (SSSR count). The van der Waals surface area contributed by atoms with Crippen molar-refractivity contribution in [2.45, 2.75) is 62.4 Å². The molecule has 0 radical (unpaired) electrons. The molecule has 5 heteroatoms. The second kappa shape index (κ2) is 9.49. The van der Waals surface area contributed by atoms with E-state index >= 15 is 0 Å². The van der Waals surface area contributed by atoms with Gasteiger partial charge in [0, 0.05) is 16.5 Å². The maximum Gasteiger partial charge on any atom is 0.251 e. The van der Waals surface area contributed by atoms with Gasteiger partial charge in [-0.15, -0.1) is 11.8 Å². The van der Waals surface area contributed by atoms with Crippen LogP contribution >= 0.6 is 11.8 Å². The molecule has 2 amide bonds. The Morgan fingerprint density at radius 3 is 2.48 bits per heavy atom. The molecule has 2 aromatic carbocycles. The lowest BCUT2D eigenvalue weighted by Gasteiger charge is -2.29. The van der Waals surface area contributed by atoms with Gasteiger partial charge < -0.3 is 10.2 Å². The molecule has 0 unspecified atom stereocenters. The molecule has 29 heavy (non-hydrogen) atoms. The Morgan fingerprint density at radius 1 is 1.00 bits per heavy atom. The zero-order valence-corrected chi connectivity index (χ0v) is 17.5. The number of carbonyl (C=O) groups excluding carboxylic acids is 2. The van der Waals surface area contributed by atoms with Crippen LogP contribution in [0.15, 0.2) is 53.4 Å². The molecule has 4 nitrogen and oxygen atoms in total. The van der Waals surface area contributed by atoms with Crippen LogP contribution in [-0.4, -0.2) is 23.6 Å². The molecule has 0 saturated heterocycles. The molecule has 0 aromatic heterocycles. The van der Waals surface area contributed by atoms with Crippen molar-refractivity contribution in [3.8, 4) is 0 Å². The number of carbonyl (C=O) groups is 2. The zero-order valence-electron chi connectivity index (χ0n) is 16.7. The zero-order chi connectivity index (χ0) is 20.1. The molecule has 0 spiro atoms. The maximum atomic E-state index is 12.9. The predicted molar refractivity (Wildman–Crippen MR) is 118 cm³/mol. The van der Waals surface area contributed by atoms with Gasteiger partial charge in [-0.2, -0.15) is 0 Å². The fourth-order valence-corrected chi connectivity index (χ4v) is 5.07. The molecule has 1 fully saturated rings. The van der Waals surface area contributed by atoms with E-state index in [1.807, 2.05) is 53.4 Å². The Balaban J connectivity index is 1.52. The predicted octanol–water partition coefficient (Wildman–Crippen LogP) is 5.17. The molecule has 152 valence electrons. The summed E-state index contributed by atoms with van der Waals surface area (Å²) in [5, 5.41) is 3.24. The molecule has 2 aromatic rings. The van der Waals surface area contributed by atoms with Gasteiger partial charge in [-0.25, -0.2) is 0 Å². The van der Waals surface area contributed by atoms with Crippen molar-refractivity contribution in [2.24, 2.45) is 0 Å². The van der Waals surface area contributed by atoms with Gasteiger partial charge in [0.2, 0.25) is 5.91 Å². The lowest BCUT2D eigenvalue weighted by molar-refractivity contribution is -0.116. The topological polar surface area (TPSA) is 49.4 Å². The van der Waals surface area contributed by atoms with E-state index in [1.165, 1.54) is 32.1 Å². The van der Waals surface area contributed by atoms with Crippen LogP contribution in [0.4, 0.5) is 5.69 Å². The summed E-state index contributed by atoms with van der Waals surface area (Å²) in [6.07, 6.45) is 8.33. The van der Waals surface area contributed by atoms with E-state index in [0.29, 0.717) is 17.9 Å². The van der Waals surface area contributed by atoms with Crippen LogP contribution in [0.2, 0.25) is 0 Å². The summed E-state index contributed by atoms with van der Waals surface area (Å²) in [6, 6.07) is 16.0. The minimum atomic E-state index is -0.0268. The van der Waals surface area contributed by atoms with Gasteiger partial charge in [0.1, 0.15) is 0 Å². The van der Waals surface area contributed by atoms with E-state index in [4.69, 9.17) is 0 Å². The van der Waals surface area contributed by atoms with Gasteiger partial charge >= 0.3 is 0 Å². The van der Waals surface area contributed by atoms with Crippen molar-refractivity contribution in [1.29, 1.82) is 0 Å². The molecule has 1 heterocycles. The highest BCUT2D eigenvalue weighted by molar-refractivity contribution is 8.00. The van der Waals surface area contributed by atoms with Gasteiger partial charge in [0.05, 0.1) is 18.0 Å². The molecule has 1 saturated carbocycles. The van der Waals surface area contributed by atoms with Crippen LogP contribution in [-0.2, 0) is 11.3 Å². The van der Waals surface area contributed by atoms with Crippen molar-refractivity contribution in [1.82, 2.24) is 5.32 Å². The largest absolute Gasteiger partial charge is 0.349 e. The molecular weight excluding hydrogens is 380 g/mol. The van der Waals surface area contributed by atoms with Crippen molar-refractivity contribution in [2.75, 3.05) is 10.7 Å². The summed E-state index contributed by atoms with van der Waals surface area (Å²) < 4.78 is 0. The first-order chi connectivity index (χ1) is 14.2. The Bertz CT molecular complexity index is 860. The number of nitrogens with zero attached hydrogens (tertiary/aromatic N) is 1. The first-order valence-electron chi connectivity index (χ1n) is 10.6. The van der Waals surface area contributed by atoms with Gasteiger partial charge in [0.25, 0.3) is 5.91 Å². The third-order valence-electron chi connectivity index (χ3n) is 5.79. The fraction of sp³-hybridized carbons (Fsp3) is 0.417. The summed E-state index contributed by atoms with van der Waals surface area (Å²) in [6.45, 7) is 0.529. The average molecular weight is 409 g/mol. The van der Waals surface area contributed by atoms with E-state index < -0.39 is 0 Å². The number of rotatable bonds is 4. The summed E-state index contributed by atoms with van der Waals surface area (Å²) in [5.74, 6) is 0.498.